The number of benzene rings is 2. The molecule has 0 bridgehead atoms. The Morgan fingerprint density at radius 1 is 1.10 bits per heavy atom. The molecule has 1 aliphatic rings. The minimum Gasteiger partial charge on any atom is -0.356 e. The molecule has 0 saturated carbocycles. The van der Waals surface area contributed by atoms with Gasteiger partial charge in [0.1, 0.15) is 0 Å². The second-order valence-electron chi connectivity index (χ2n) is 7.60. The molecule has 2 aromatic carbocycles. The van der Waals surface area contributed by atoms with Crippen LogP contribution in [0.4, 0.5) is 0 Å². The molecule has 0 radical (unpaired) electrons. The zero-order valence-corrected chi connectivity index (χ0v) is 18.4. The van der Waals surface area contributed by atoms with Crippen molar-refractivity contribution >= 4 is 27.5 Å². The maximum absolute atomic E-state index is 12.9. The van der Waals surface area contributed by atoms with E-state index in [-0.39, 0.29) is 11.8 Å². The molecular weight excluding hydrogens is 408 g/mol. The number of aryl methyl sites for hydroxylation is 2. The van der Waals surface area contributed by atoms with Crippen molar-refractivity contribution in [3.63, 3.8) is 0 Å². The highest BCUT2D eigenvalue weighted by atomic mass is 35.5. The number of nitrogens with one attached hydrogen (secondary N) is 1. The fraction of sp³-hybridized carbons (Fsp3) is 0.409. The maximum Gasteiger partial charge on any atom is 0.243 e. The van der Waals surface area contributed by atoms with Crippen molar-refractivity contribution in [3.8, 4) is 0 Å². The van der Waals surface area contributed by atoms with Crippen LogP contribution in [0.3, 0.4) is 0 Å². The normalized spacial score (nSPS) is 16.0. The first-order valence-corrected chi connectivity index (χ1v) is 11.7. The monoisotopic (exact) mass is 434 g/mol. The number of hydrogen-bond donors (Lipinski definition) is 1. The molecule has 1 saturated heterocycles. The van der Waals surface area contributed by atoms with Gasteiger partial charge in [-0.05, 0) is 74.1 Å². The standard InChI is InChI=1S/C22H27ClN2O3S/c1-16-6-7-21(14-17(16)2)29(27,28)25-12-9-19(10-13-25)22(26)24-11-8-18-4-3-5-20(23)15-18/h3-7,14-15,19H,8-13H2,1-2H3,(H,24,26). The predicted octanol–water partition coefficient (Wildman–Crippen LogP) is 3.72. The van der Waals surface area contributed by atoms with Gasteiger partial charge >= 0.3 is 0 Å². The number of hydrogen-bond acceptors (Lipinski definition) is 3. The second-order valence-corrected chi connectivity index (χ2v) is 9.97. The van der Waals surface area contributed by atoms with E-state index in [1.807, 2.05) is 44.2 Å². The van der Waals surface area contributed by atoms with Crippen molar-refractivity contribution in [2.45, 2.75) is 38.0 Å². The zero-order valence-electron chi connectivity index (χ0n) is 16.8. The highest BCUT2D eigenvalue weighted by Crippen LogP contribution is 2.25. The lowest BCUT2D eigenvalue weighted by atomic mass is 9.97. The van der Waals surface area contributed by atoms with E-state index in [0.29, 0.717) is 48.8 Å². The van der Waals surface area contributed by atoms with Gasteiger partial charge in [0.25, 0.3) is 0 Å². The van der Waals surface area contributed by atoms with Crippen molar-refractivity contribution in [1.29, 1.82) is 0 Å². The summed E-state index contributed by atoms with van der Waals surface area (Å²) in [6.45, 7) is 5.14. The predicted molar refractivity (Wildman–Crippen MR) is 116 cm³/mol. The van der Waals surface area contributed by atoms with E-state index in [4.69, 9.17) is 11.6 Å². The molecule has 1 fully saturated rings. The lowest BCUT2D eigenvalue weighted by Gasteiger charge is -2.30. The minimum absolute atomic E-state index is 0.00439. The Hall–Kier alpha value is -1.89. The lowest BCUT2D eigenvalue weighted by Crippen LogP contribution is -2.43. The topological polar surface area (TPSA) is 66.5 Å². The van der Waals surface area contributed by atoms with Gasteiger partial charge in [0.2, 0.25) is 15.9 Å². The number of nitrogens with zero attached hydrogens (tertiary/aromatic N) is 1. The lowest BCUT2D eigenvalue weighted by molar-refractivity contribution is -0.126. The van der Waals surface area contributed by atoms with Crippen molar-refractivity contribution in [3.05, 3.63) is 64.2 Å². The van der Waals surface area contributed by atoms with Crippen LogP contribution in [0.25, 0.3) is 0 Å². The molecule has 0 aromatic heterocycles. The summed E-state index contributed by atoms with van der Waals surface area (Å²) in [5, 5.41) is 3.66. The van der Waals surface area contributed by atoms with Crippen molar-refractivity contribution in [1.82, 2.24) is 9.62 Å². The van der Waals surface area contributed by atoms with Crippen LogP contribution in [0.1, 0.15) is 29.5 Å². The highest BCUT2D eigenvalue weighted by molar-refractivity contribution is 7.89. The quantitative estimate of drug-likeness (QED) is 0.753. The molecule has 29 heavy (non-hydrogen) atoms. The highest BCUT2D eigenvalue weighted by Gasteiger charge is 2.32. The molecule has 0 spiro atoms. The summed E-state index contributed by atoms with van der Waals surface area (Å²) in [4.78, 5) is 12.8. The van der Waals surface area contributed by atoms with Crippen LogP contribution in [0.2, 0.25) is 5.02 Å². The van der Waals surface area contributed by atoms with Gasteiger partial charge in [-0.1, -0.05) is 29.8 Å². The van der Waals surface area contributed by atoms with Gasteiger partial charge in [-0.15, -0.1) is 0 Å². The van der Waals surface area contributed by atoms with E-state index in [9.17, 15) is 13.2 Å². The van der Waals surface area contributed by atoms with Crippen LogP contribution in [0.5, 0.6) is 0 Å². The van der Waals surface area contributed by atoms with Crippen molar-refractivity contribution in [2.75, 3.05) is 19.6 Å². The Balaban J connectivity index is 1.51. The Kier molecular flexibility index (Phi) is 6.98. The summed E-state index contributed by atoms with van der Waals surface area (Å²) in [5.41, 5.74) is 3.10. The fourth-order valence-corrected chi connectivity index (χ4v) is 5.32. The zero-order chi connectivity index (χ0) is 21.0. The molecule has 156 valence electrons. The smallest absolute Gasteiger partial charge is 0.243 e. The Bertz CT molecular complexity index is 983. The van der Waals surface area contributed by atoms with Gasteiger partial charge in [-0.3, -0.25) is 4.79 Å². The molecule has 7 heteroatoms. The van der Waals surface area contributed by atoms with Crippen LogP contribution < -0.4 is 5.32 Å². The average molecular weight is 435 g/mol. The molecule has 0 unspecified atom stereocenters. The molecule has 0 atom stereocenters. The van der Waals surface area contributed by atoms with Crippen LogP contribution in [-0.2, 0) is 21.2 Å². The maximum atomic E-state index is 12.9. The number of piperidine rings is 1. The molecule has 2 aromatic rings. The van der Waals surface area contributed by atoms with Gasteiger partial charge < -0.3 is 5.32 Å². The average Bonchev–Trinajstić information content (AvgIpc) is 2.70. The number of carbonyl (C=O) groups excluding carboxylic acids is 1. The summed E-state index contributed by atoms with van der Waals surface area (Å²) in [6, 6.07) is 12.8. The van der Waals surface area contributed by atoms with E-state index < -0.39 is 10.0 Å². The number of rotatable bonds is 6. The van der Waals surface area contributed by atoms with Gasteiger partial charge in [0.15, 0.2) is 0 Å². The van der Waals surface area contributed by atoms with Crippen LogP contribution >= 0.6 is 11.6 Å². The van der Waals surface area contributed by atoms with E-state index in [1.165, 1.54) is 4.31 Å². The van der Waals surface area contributed by atoms with Crippen LogP contribution in [0.15, 0.2) is 47.4 Å². The largest absolute Gasteiger partial charge is 0.356 e. The third-order valence-electron chi connectivity index (χ3n) is 5.54. The Labute approximate surface area is 178 Å². The third-order valence-corrected chi connectivity index (χ3v) is 7.67. The molecule has 1 N–H and O–H groups in total. The van der Waals surface area contributed by atoms with Gasteiger partial charge in [0.05, 0.1) is 4.90 Å². The molecule has 0 aliphatic carbocycles. The minimum atomic E-state index is -3.52. The molecule has 3 rings (SSSR count). The van der Waals surface area contributed by atoms with E-state index in [1.54, 1.807) is 12.1 Å². The molecular formula is C22H27ClN2O3S. The Morgan fingerprint density at radius 2 is 1.83 bits per heavy atom. The first-order valence-electron chi connectivity index (χ1n) is 9.87. The summed E-state index contributed by atoms with van der Waals surface area (Å²) in [7, 11) is -3.52. The molecule has 1 heterocycles. The van der Waals surface area contributed by atoms with Gasteiger partial charge in [-0.25, -0.2) is 8.42 Å². The molecule has 5 nitrogen and oxygen atoms in total. The number of carbonyl (C=O) groups is 1. The third kappa shape index (κ3) is 5.38. The summed E-state index contributed by atoms with van der Waals surface area (Å²) < 4.78 is 27.3. The number of amides is 1. The molecule has 1 amide bonds. The first kappa shape index (κ1) is 21.8. The summed E-state index contributed by atoms with van der Waals surface area (Å²) >= 11 is 5.98. The first-order chi connectivity index (χ1) is 13.8. The Morgan fingerprint density at radius 3 is 2.48 bits per heavy atom. The number of sulfonamides is 1. The summed E-state index contributed by atoms with van der Waals surface area (Å²) in [5.74, 6) is -0.157. The SMILES string of the molecule is Cc1ccc(S(=O)(=O)N2CCC(C(=O)NCCc3cccc(Cl)c3)CC2)cc1C. The van der Waals surface area contributed by atoms with Crippen LogP contribution in [0, 0.1) is 19.8 Å². The van der Waals surface area contributed by atoms with Crippen molar-refractivity contribution < 1.29 is 13.2 Å². The molecule has 1 aliphatic heterocycles. The van der Waals surface area contributed by atoms with Crippen LogP contribution in [-0.4, -0.2) is 38.3 Å². The van der Waals surface area contributed by atoms with Gasteiger partial charge in [-0.2, -0.15) is 4.31 Å². The summed E-state index contributed by atoms with van der Waals surface area (Å²) in [6.07, 6.45) is 1.78. The van der Waals surface area contributed by atoms with Gasteiger partial charge in [0, 0.05) is 30.6 Å². The van der Waals surface area contributed by atoms with E-state index in [2.05, 4.69) is 5.32 Å². The van der Waals surface area contributed by atoms with E-state index >= 15 is 0 Å². The number of halogens is 1. The van der Waals surface area contributed by atoms with E-state index in [0.717, 1.165) is 16.7 Å². The van der Waals surface area contributed by atoms with Crippen molar-refractivity contribution in [2.24, 2.45) is 5.92 Å². The fourth-order valence-electron chi connectivity index (χ4n) is 3.55. The second kappa shape index (κ2) is 9.28.